The van der Waals surface area contributed by atoms with E-state index in [-0.39, 0.29) is 12.1 Å². The number of allylic oxidation sites excluding steroid dienone is 4. The highest BCUT2D eigenvalue weighted by Gasteiger charge is 2.48. The fourth-order valence-electron chi connectivity index (χ4n) is 4.10. The van der Waals surface area contributed by atoms with Crippen LogP contribution >= 0.6 is 0 Å². The van der Waals surface area contributed by atoms with Gasteiger partial charge in [-0.25, -0.2) is 0 Å². The van der Waals surface area contributed by atoms with Crippen molar-refractivity contribution in [3.8, 4) is 0 Å². The van der Waals surface area contributed by atoms with E-state index in [0.29, 0.717) is 18.8 Å². The van der Waals surface area contributed by atoms with Crippen molar-refractivity contribution in [2.75, 3.05) is 0 Å². The molecule has 2 rings (SSSR count). The quantitative estimate of drug-likeness (QED) is 0.721. The van der Waals surface area contributed by atoms with Gasteiger partial charge in [-0.1, -0.05) is 37.1 Å². The van der Waals surface area contributed by atoms with Gasteiger partial charge in [-0.2, -0.15) is 0 Å². The third kappa shape index (κ3) is 4.98. The summed E-state index contributed by atoms with van der Waals surface area (Å²) in [5, 5.41) is 10.9. The first-order valence-electron chi connectivity index (χ1n) is 9.97. The highest BCUT2D eigenvalue weighted by atomic mass is 16.6. The standard InChI is InChI=1S/C22H36O4/c1-15(2)18-9-7-16(3)8-10-20-22(6,25-17(4)23)14-12-19(24)21(5,26-20)13-11-18/h7,9,15,19-20,24H,8,10-14H2,1-6H3. The van der Waals surface area contributed by atoms with Crippen molar-refractivity contribution in [3.05, 3.63) is 23.3 Å². The molecule has 0 amide bonds. The molecule has 2 aliphatic heterocycles. The number of rotatable bonds is 2. The number of aliphatic hydroxyl groups is 1. The van der Waals surface area contributed by atoms with Crippen molar-refractivity contribution in [1.29, 1.82) is 0 Å². The first kappa shape index (κ1) is 21.2. The summed E-state index contributed by atoms with van der Waals surface area (Å²) in [5.74, 6) is 0.174. The third-order valence-electron chi connectivity index (χ3n) is 6.12. The second-order valence-corrected chi connectivity index (χ2v) is 8.83. The highest BCUT2D eigenvalue weighted by Crippen LogP contribution is 2.41. The molecule has 1 saturated heterocycles. The number of aliphatic hydroxyl groups excluding tert-OH is 1. The SMILES string of the molecule is CC(=O)OC1(C)CCC(O)C2(C)CCC(C(C)C)=CC=C(C)CCC1O2. The normalized spacial score (nSPS) is 36.5. The summed E-state index contributed by atoms with van der Waals surface area (Å²) in [6.07, 6.45) is 8.17. The van der Waals surface area contributed by atoms with E-state index < -0.39 is 17.3 Å². The molecule has 1 N–H and O–H groups in total. The minimum absolute atomic E-state index is 0.225. The van der Waals surface area contributed by atoms with Crippen molar-refractivity contribution in [2.24, 2.45) is 5.92 Å². The van der Waals surface area contributed by atoms with Gasteiger partial charge in [-0.05, 0) is 65.2 Å². The van der Waals surface area contributed by atoms with E-state index in [1.165, 1.54) is 18.1 Å². The minimum Gasteiger partial charge on any atom is -0.457 e. The molecule has 148 valence electrons. The Hall–Kier alpha value is -1.13. The van der Waals surface area contributed by atoms with Crippen LogP contribution in [-0.4, -0.2) is 34.5 Å². The minimum atomic E-state index is -0.701. The van der Waals surface area contributed by atoms with E-state index >= 15 is 0 Å². The molecule has 0 aliphatic carbocycles. The smallest absolute Gasteiger partial charge is 0.303 e. The van der Waals surface area contributed by atoms with Gasteiger partial charge in [0.15, 0.2) is 0 Å². The van der Waals surface area contributed by atoms with Crippen molar-refractivity contribution in [3.63, 3.8) is 0 Å². The zero-order chi connectivity index (χ0) is 19.5. The Balaban J connectivity index is 2.38. The second kappa shape index (κ2) is 8.26. The fraction of sp³-hybridized carbons (Fsp3) is 0.773. The summed E-state index contributed by atoms with van der Waals surface area (Å²) in [6, 6.07) is 0. The van der Waals surface area contributed by atoms with Gasteiger partial charge in [0.2, 0.25) is 0 Å². The molecular formula is C22H36O4. The average molecular weight is 365 g/mol. The maximum atomic E-state index is 11.7. The molecular weight excluding hydrogens is 328 g/mol. The Kier molecular flexibility index (Phi) is 6.73. The average Bonchev–Trinajstić information content (AvgIpc) is 2.64. The van der Waals surface area contributed by atoms with Gasteiger partial charge in [0, 0.05) is 6.92 Å². The van der Waals surface area contributed by atoms with Gasteiger partial charge >= 0.3 is 5.97 Å². The van der Waals surface area contributed by atoms with Crippen LogP contribution in [-0.2, 0) is 14.3 Å². The van der Waals surface area contributed by atoms with Crippen LogP contribution in [0.3, 0.4) is 0 Å². The number of hydrogen-bond donors (Lipinski definition) is 1. The van der Waals surface area contributed by atoms with E-state index in [9.17, 15) is 9.90 Å². The molecule has 0 aromatic heterocycles. The molecule has 0 aromatic carbocycles. The molecule has 4 heteroatoms. The molecule has 2 bridgehead atoms. The highest BCUT2D eigenvalue weighted by molar-refractivity contribution is 5.66. The van der Waals surface area contributed by atoms with E-state index in [1.807, 2.05) is 13.8 Å². The summed E-state index contributed by atoms with van der Waals surface area (Å²) in [7, 11) is 0. The molecule has 2 aliphatic rings. The van der Waals surface area contributed by atoms with E-state index in [1.54, 1.807) is 0 Å². The lowest BCUT2D eigenvalue weighted by Gasteiger charge is -2.40. The molecule has 26 heavy (non-hydrogen) atoms. The van der Waals surface area contributed by atoms with Crippen molar-refractivity contribution >= 4 is 5.97 Å². The first-order valence-corrected chi connectivity index (χ1v) is 9.97. The van der Waals surface area contributed by atoms with Crippen molar-refractivity contribution in [2.45, 2.75) is 103 Å². The number of fused-ring (bicyclic) bond motifs is 2. The lowest BCUT2D eigenvalue weighted by Crippen LogP contribution is -2.48. The molecule has 4 atom stereocenters. The van der Waals surface area contributed by atoms with Crippen LogP contribution in [0.4, 0.5) is 0 Å². The maximum Gasteiger partial charge on any atom is 0.303 e. The monoisotopic (exact) mass is 364 g/mol. The second-order valence-electron chi connectivity index (χ2n) is 8.83. The summed E-state index contributed by atoms with van der Waals surface area (Å²) < 4.78 is 12.3. The topological polar surface area (TPSA) is 55.8 Å². The fourth-order valence-corrected chi connectivity index (χ4v) is 4.10. The van der Waals surface area contributed by atoms with Gasteiger partial charge in [-0.3, -0.25) is 4.79 Å². The molecule has 0 aromatic rings. The predicted molar refractivity (Wildman–Crippen MR) is 104 cm³/mol. The molecule has 4 unspecified atom stereocenters. The number of carbonyl (C=O) groups excluding carboxylic acids is 1. The first-order chi connectivity index (χ1) is 12.1. The van der Waals surface area contributed by atoms with Gasteiger partial charge < -0.3 is 14.6 Å². The van der Waals surface area contributed by atoms with Gasteiger partial charge in [0.05, 0.1) is 17.8 Å². The summed E-state index contributed by atoms with van der Waals surface area (Å²) in [4.78, 5) is 11.7. The number of ether oxygens (including phenoxy) is 2. The predicted octanol–water partition coefficient (Wildman–Crippen LogP) is 4.71. The largest absolute Gasteiger partial charge is 0.457 e. The van der Waals surface area contributed by atoms with Crippen LogP contribution in [0.25, 0.3) is 0 Å². The molecule has 0 spiro atoms. The molecule has 4 nitrogen and oxygen atoms in total. The molecule has 0 radical (unpaired) electrons. The third-order valence-corrected chi connectivity index (χ3v) is 6.12. The van der Waals surface area contributed by atoms with Crippen LogP contribution in [0.5, 0.6) is 0 Å². The van der Waals surface area contributed by atoms with Gasteiger partial charge in [0.1, 0.15) is 5.60 Å². The van der Waals surface area contributed by atoms with Crippen molar-refractivity contribution in [1.82, 2.24) is 0 Å². The Morgan fingerprint density at radius 2 is 1.92 bits per heavy atom. The lowest BCUT2D eigenvalue weighted by molar-refractivity contribution is -0.199. The van der Waals surface area contributed by atoms with E-state index in [4.69, 9.17) is 9.47 Å². The number of hydrogen-bond acceptors (Lipinski definition) is 4. The Labute approximate surface area is 158 Å². The van der Waals surface area contributed by atoms with E-state index in [0.717, 1.165) is 25.7 Å². The lowest BCUT2D eigenvalue weighted by atomic mass is 9.85. The molecule has 2 heterocycles. The van der Waals surface area contributed by atoms with Crippen LogP contribution < -0.4 is 0 Å². The van der Waals surface area contributed by atoms with Gasteiger partial charge in [-0.15, -0.1) is 0 Å². The zero-order valence-corrected chi connectivity index (χ0v) is 17.3. The zero-order valence-electron chi connectivity index (χ0n) is 17.3. The van der Waals surface area contributed by atoms with Crippen LogP contribution in [0.15, 0.2) is 23.3 Å². The van der Waals surface area contributed by atoms with Gasteiger partial charge in [0.25, 0.3) is 0 Å². The summed E-state index contributed by atoms with van der Waals surface area (Å²) in [5.41, 5.74) is 1.35. The van der Waals surface area contributed by atoms with Crippen LogP contribution in [0, 0.1) is 5.92 Å². The Morgan fingerprint density at radius 1 is 1.23 bits per heavy atom. The molecule has 0 saturated carbocycles. The summed E-state index contributed by atoms with van der Waals surface area (Å²) >= 11 is 0. The summed E-state index contributed by atoms with van der Waals surface area (Å²) in [6.45, 7) is 12.0. The Morgan fingerprint density at radius 3 is 2.54 bits per heavy atom. The van der Waals surface area contributed by atoms with Crippen LogP contribution in [0.1, 0.15) is 80.1 Å². The van der Waals surface area contributed by atoms with Crippen LogP contribution in [0.2, 0.25) is 0 Å². The molecule has 1 fully saturated rings. The Bertz CT molecular complexity index is 577. The number of esters is 1. The number of carbonyl (C=O) groups is 1. The van der Waals surface area contributed by atoms with E-state index in [2.05, 4.69) is 32.9 Å². The maximum absolute atomic E-state index is 11.7. The van der Waals surface area contributed by atoms with Crippen molar-refractivity contribution < 1.29 is 19.4 Å².